The van der Waals surface area contributed by atoms with E-state index < -0.39 is 12.6 Å². The molecule has 0 spiro atoms. The summed E-state index contributed by atoms with van der Waals surface area (Å²) in [5.74, 6) is -0.860. The predicted molar refractivity (Wildman–Crippen MR) is 103 cm³/mol. The zero-order chi connectivity index (χ0) is 19.4. The molecule has 2 aromatic carbocycles. The SMILES string of the molecule is Cc1ccc(O)c(N=C2NC(=O)/C(=C\c3ccc(OCC(=O)O)cc3)S2)c1. The summed E-state index contributed by atoms with van der Waals surface area (Å²) in [5, 5.41) is 21.5. The number of benzene rings is 2. The molecule has 0 saturated carbocycles. The zero-order valence-electron chi connectivity index (χ0n) is 14.3. The van der Waals surface area contributed by atoms with Gasteiger partial charge < -0.3 is 20.3 Å². The van der Waals surface area contributed by atoms with Gasteiger partial charge in [0.2, 0.25) is 0 Å². The first-order valence-electron chi connectivity index (χ1n) is 7.94. The van der Waals surface area contributed by atoms with Gasteiger partial charge in [0.25, 0.3) is 5.91 Å². The quantitative estimate of drug-likeness (QED) is 0.684. The van der Waals surface area contributed by atoms with Crippen LogP contribution in [0.4, 0.5) is 5.69 Å². The Bertz CT molecular complexity index is 951. The Hall–Kier alpha value is -3.26. The van der Waals surface area contributed by atoms with Crippen molar-refractivity contribution < 1.29 is 24.5 Å². The number of amides is 1. The topological polar surface area (TPSA) is 108 Å². The van der Waals surface area contributed by atoms with Crippen molar-refractivity contribution in [1.29, 1.82) is 0 Å². The molecule has 138 valence electrons. The van der Waals surface area contributed by atoms with E-state index in [2.05, 4.69) is 10.3 Å². The number of aromatic hydroxyl groups is 1. The lowest BCUT2D eigenvalue weighted by Crippen LogP contribution is -2.19. The van der Waals surface area contributed by atoms with Crippen molar-refractivity contribution in [3.05, 3.63) is 58.5 Å². The van der Waals surface area contributed by atoms with E-state index in [1.807, 2.05) is 6.92 Å². The summed E-state index contributed by atoms with van der Waals surface area (Å²) in [5.41, 5.74) is 2.09. The highest BCUT2D eigenvalue weighted by Gasteiger charge is 2.24. The number of carbonyl (C=O) groups excluding carboxylic acids is 1. The van der Waals surface area contributed by atoms with E-state index in [4.69, 9.17) is 9.84 Å². The van der Waals surface area contributed by atoms with Crippen LogP contribution in [0.25, 0.3) is 6.08 Å². The zero-order valence-corrected chi connectivity index (χ0v) is 15.1. The molecule has 1 heterocycles. The highest BCUT2D eigenvalue weighted by atomic mass is 32.2. The lowest BCUT2D eigenvalue weighted by molar-refractivity contribution is -0.139. The second-order valence-corrected chi connectivity index (χ2v) is 6.76. The summed E-state index contributed by atoms with van der Waals surface area (Å²) < 4.78 is 5.07. The minimum atomic E-state index is -1.05. The second kappa shape index (κ2) is 7.96. The van der Waals surface area contributed by atoms with Crippen LogP contribution in [0.3, 0.4) is 0 Å². The van der Waals surface area contributed by atoms with Gasteiger partial charge in [-0.2, -0.15) is 0 Å². The third-order valence-corrected chi connectivity index (χ3v) is 4.45. The van der Waals surface area contributed by atoms with Gasteiger partial charge in [-0.15, -0.1) is 0 Å². The first kappa shape index (κ1) is 18.5. The number of carboxylic acids is 1. The molecule has 0 aromatic heterocycles. The van der Waals surface area contributed by atoms with Crippen LogP contribution in [0.5, 0.6) is 11.5 Å². The van der Waals surface area contributed by atoms with Crippen LogP contribution < -0.4 is 10.1 Å². The molecule has 27 heavy (non-hydrogen) atoms. The van der Waals surface area contributed by atoms with Crippen LogP contribution in [0.15, 0.2) is 52.4 Å². The average molecular weight is 384 g/mol. The van der Waals surface area contributed by atoms with Gasteiger partial charge in [0.15, 0.2) is 11.8 Å². The number of phenols is 1. The van der Waals surface area contributed by atoms with E-state index in [0.29, 0.717) is 21.5 Å². The van der Waals surface area contributed by atoms with Gasteiger partial charge in [-0.3, -0.25) is 4.79 Å². The molecule has 8 heteroatoms. The van der Waals surface area contributed by atoms with Gasteiger partial charge >= 0.3 is 5.97 Å². The van der Waals surface area contributed by atoms with Gasteiger partial charge in [0, 0.05) is 0 Å². The highest BCUT2D eigenvalue weighted by molar-refractivity contribution is 8.18. The fourth-order valence-electron chi connectivity index (χ4n) is 2.27. The summed E-state index contributed by atoms with van der Waals surface area (Å²) >= 11 is 1.17. The standard InChI is InChI=1S/C19H16N2O5S/c1-11-2-7-15(22)14(8-11)20-19-21-18(25)16(27-19)9-12-3-5-13(6-4-12)26-10-17(23)24/h2-9,22H,10H2,1H3,(H,23,24)(H,20,21,25)/b16-9+. The van der Waals surface area contributed by atoms with Crippen LogP contribution >= 0.6 is 11.8 Å². The molecule has 0 unspecified atom stereocenters. The van der Waals surface area contributed by atoms with Crippen molar-refractivity contribution in [2.45, 2.75) is 6.92 Å². The molecule has 3 N–H and O–H groups in total. The van der Waals surface area contributed by atoms with E-state index in [1.54, 1.807) is 48.5 Å². The number of carboxylic acid groups (broad SMARTS) is 1. The normalized spacial score (nSPS) is 16.6. The van der Waals surface area contributed by atoms with Crippen LogP contribution in [-0.4, -0.2) is 33.9 Å². The number of aliphatic carboxylic acids is 1. The fourth-order valence-corrected chi connectivity index (χ4v) is 3.10. The number of nitrogens with zero attached hydrogens (tertiary/aromatic N) is 1. The molecular weight excluding hydrogens is 368 g/mol. The third-order valence-electron chi connectivity index (χ3n) is 3.54. The summed E-state index contributed by atoms with van der Waals surface area (Å²) in [6, 6.07) is 11.8. The number of nitrogens with one attached hydrogen (secondary N) is 1. The second-order valence-electron chi connectivity index (χ2n) is 5.73. The Morgan fingerprint density at radius 2 is 2.00 bits per heavy atom. The highest BCUT2D eigenvalue weighted by Crippen LogP contribution is 2.32. The van der Waals surface area contributed by atoms with Crippen molar-refractivity contribution in [2.75, 3.05) is 6.61 Å². The number of ether oxygens (including phenoxy) is 1. The molecule has 2 aromatic rings. The Balaban J connectivity index is 1.74. The number of aliphatic imine (C=N–C) groups is 1. The molecule has 1 aliphatic rings. The van der Waals surface area contributed by atoms with E-state index in [9.17, 15) is 14.7 Å². The molecular formula is C19H16N2O5S. The first-order valence-corrected chi connectivity index (χ1v) is 8.76. The number of carbonyl (C=O) groups is 2. The van der Waals surface area contributed by atoms with Crippen LogP contribution in [0.1, 0.15) is 11.1 Å². The minimum Gasteiger partial charge on any atom is -0.506 e. The maximum atomic E-state index is 12.1. The number of aryl methyl sites for hydroxylation is 1. The Morgan fingerprint density at radius 1 is 1.26 bits per heavy atom. The van der Waals surface area contributed by atoms with Crippen molar-refractivity contribution in [3.8, 4) is 11.5 Å². The molecule has 0 radical (unpaired) electrons. The molecule has 0 aliphatic carbocycles. The first-order chi connectivity index (χ1) is 12.9. The molecule has 0 atom stereocenters. The Morgan fingerprint density at radius 3 is 2.70 bits per heavy atom. The predicted octanol–water partition coefficient (Wildman–Crippen LogP) is 3.06. The Kier molecular flexibility index (Phi) is 5.46. The Labute approximate surface area is 159 Å². The molecule has 0 bridgehead atoms. The largest absolute Gasteiger partial charge is 0.506 e. The molecule has 1 fully saturated rings. The van der Waals surface area contributed by atoms with Crippen LogP contribution in [-0.2, 0) is 9.59 Å². The van der Waals surface area contributed by atoms with Crippen LogP contribution in [0.2, 0.25) is 0 Å². The van der Waals surface area contributed by atoms with Gasteiger partial charge in [0.1, 0.15) is 17.2 Å². The number of phenolic OH excluding ortho intramolecular Hbond substituents is 1. The van der Waals surface area contributed by atoms with Gasteiger partial charge in [-0.1, -0.05) is 18.2 Å². The van der Waals surface area contributed by atoms with Gasteiger partial charge in [0.05, 0.1) is 4.91 Å². The molecule has 3 rings (SSSR count). The van der Waals surface area contributed by atoms with Crippen molar-refractivity contribution in [2.24, 2.45) is 4.99 Å². The number of amidine groups is 1. The van der Waals surface area contributed by atoms with E-state index in [0.717, 1.165) is 11.1 Å². The number of hydrogen-bond donors (Lipinski definition) is 3. The molecule has 1 aliphatic heterocycles. The number of thioether (sulfide) groups is 1. The van der Waals surface area contributed by atoms with Crippen LogP contribution in [0, 0.1) is 6.92 Å². The van der Waals surface area contributed by atoms with E-state index >= 15 is 0 Å². The molecule has 1 saturated heterocycles. The van der Waals surface area contributed by atoms with Crippen molar-refractivity contribution in [3.63, 3.8) is 0 Å². The van der Waals surface area contributed by atoms with Crippen molar-refractivity contribution >= 4 is 40.6 Å². The third kappa shape index (κ3) is 4.89. The lowest BCUT2D eigenvalue weighted by Gasteiger charge is -2.03. The fraction of sp³-hybridized carbons (Fsp3) is 0.105. The van der Waals surface area contributed by atoms with Crippen molar-refractivity contribution in [1.82, 2.24) is 5.32 Å². The lowest BCUT2D eigenvalue weighted by atomic mass is 10.2. The maximum Gasteiger partial charge on any atom is 0.341 e. The van der Waals surface area contributed by atoms with E-state index in [-0.39, 0.29) is 11.7 Å². The average Bonchev–Trinajstić information content (AvgIpc) is 2.96. The molecule has 7 nitrogen and oxygen atoms in total. The minimum absolute atomic E-state index is 0.0392. The van der Waals surface area contributed by atoms with Gasteiger partial charge in [-0.05, 0) is 60.2 Å². The smallest absolute Gasteiger partial charge is 0.341 e. The summed E-state index contributed by atoms with van der Waals surface area (Å²) in [7, 11) is 0. The summed E-state index contributed by atoms with van der Waals surface area (Å²) in [4.78, 5) is 27.4. The summed E-state index contributed by atoms with van der Waals surface area (Å²) in [6.07, 6.45) is 1.69. The monoisotopic (exact) mass is 384 g/mol. The van der Waals surface area contributed by atoms with E-state index in [1.165, 1.54) is 11.8 Å². The number of hydrogen-bond acceptors (Lipinski definition) is 6. The maximum absolute atomic E-state index is 12.1. The molecule has 1 amide bonds. The van der Waals surface area contributed by atoms with Gasteiger partial charge in [-0.25, -0.2) is 9.79 Å². The number of rotatable bonds is 5. The summed E-state index contributed by atoms with van der Waals surface area (Å²) in [6.45, 7) is 1.48.